The molecule has 2 aliphatic heterocycles. The fourth-order valence-corrected chi connectivity index (χ4v) is 3.33. The summed E-state index contributed by atoms with van der Waals surface area (Å²) in [5.74, 6) is -0.340. The summed E-state index contributed by atoms with van der Waals surface area (Å²) in [7, 11) is -3.95. The second-order valence-electron chi connectivity index (χ2n) is 6.17. The van der Waals surface area contributed by atoms with E-state index in [1.807, 2.05) is 0 Å². The Hall–Kier alpha value is -0.410. The van der Waals surface area contributed by atoms with Gasteiger partial charge in [-0.05, 0) is 6.92 Å². The van der Waals surface area contributed by atoms with Gasteiger partial charge in [-0.1, -0.05) is 6.92 Å². The summed E-state index contributed by atoms with van der Waals surface area (Å²) in [4.78, 5) is 0. The number of aliphatic hydroxyl groups excluding tert-OH is 3. The fourth-order valence-electron chi connectivity index (χ4n) is 2.83. The first-order valence-electron chi connectivity index (χ1n) is 7.68. The largest absolute Gasteiger partial charge is 0.726 e. The van der Waals surface area contributed by atoms with Gasteiger partial charge in [-0.2, -0.15) is 0 Å². The molecular weight excluding hydrogens is 364 g/mol. The molecule has 148 valence electrons. The van der Waals surface area contributed by atoms with Gasteiger partial charge in [0.1, 0.15) is 24.4 Å². The van der Waals surface area contributed by atoms with Gasteiger partial charge in [-0.25, -0.2) is 8.42 Å². The van der Waals surface area contributed by atoms with Crippen LogP contribution in [0.25, 0.3) is 0 Å². The Bertz CT molecular complexity index is 540. The third-order valence-corrected chi connectivity index (χ3v) is 4.70. The molecule has 3 N–H and O–H groups in total. The molecule has 0 saturated carbocycles. The van der Waals surface area contributed by atoms with Gasteiger partial charge in [0.15, 0.2) is 12.6 Å². The molecule has 11 nitrogen and oxygen atoms in total. The average molecular weight is 387 g/mol. The first-order chi connectivity index (χ1) is 11.5. The van der Waals surface area contributed by atoms with E-state index in [1.54, 1.807) is 6.92 Å². The standard InChI is InChI=1S/C13H24O11S/c1-5-4-21-13(8(15)7(5)14)23-10-6(2)22-12(20-3)9(16)11(10)24-25(17,18)19/h5-16H,4H2,1-3H3,(H,17,18,19)/p-1/t5-,6?,7-,8+,9+,10+,11+,12?,13+/m1/s1. The Balaban J connectivity index is 2.19. The van der Waals surface area contributed by atoms with Gasteiger partial charge in [0, 0.05) is 13.0 Å². The van der Waals surface area contributed by atoms with E-state index in [9.17, 15) is 28.3 Å². The fraction of sp³-hybridized carbons (Fsp3) is 1.00. The number of hydrogen-bond acceptors (Lipinski definition) is 11. The summed E-state index contributed by atoms with van der Waals surface area (Å²) >= 11 is 0. The summed E-state index contributed by atoms with van der Waals surface area (Å²) < 4.78 is 58.4. The highest BCUT2D eigenvalue weighted by atomic mass is 32.3. The summed E-state index contributed by atoms with van der Waals surface area (Å²) in [6.45, 7) is 3.23. The molecule has 0 aromatic carbocycles. The first-order valence-corrected chi connectivity index (χ1v) is 9.02. The Morgan fingerprint density at radius 1 is 1.04 bits per heavy atom. The van der Waals surface area contributed by atoms with Crippen LogP contribution in [0.2, 0.25) is 0 Å². The highest BCUT2D eigenvalue weighted by molar-refractivity contribution is 7.80. The number of aliphatic hydroxyl groups is 3. The Morgan fingerprint density at radius 2 is 1.68 bits per heavy atom. The van der Waals surface area contributed by atoms with Gasteiger partial charge in [0.2, 0.25) is 10.4 Å². The monoisotopic (exact) mass is 387 g/mol. The van der Waals surface area contributed by atoms with E-state index < -0.39 is 59.6 Å². The quantitative estimate of drug-likeness (QED) is 0.343. The second kappa shape index (κ2) is 8.08. The van der Waals surface area contributed by atoms with E-state index in [1.165, 1.54) is 14.0 Å². The highest BCUT2D eigenvalue weighted by Gasteiger charge is 2.49. The molecule has 2 saturated heterocycles. The molecule has 2 fully saturated rings. The predicted molar refractivity (Wildman–Crippen MR) is 77.7 cm³/mol. The first kappa shape index (κ1) is 20.9. The minimum absolute atomic E-state index is 0.0828. The van der Waals surface area contributed by atoms with Crippen molar-refractivity contribution < 1.29 is 51.4 Å². The zero-order chi connectivity index (χ0) is 18.9. The van der Waals surface area contributed by atoms with Crippen LogP contribution in [0.15, 0.2) is 0 Å². The van der Waals surface area contributed by atoms with Crippen LogP contribution in [-0.2, 0) is 33.5 Å². The Labute approximate surface area is 145 Å². The van der Waals surface area contributed by atoms with Gasteiger partial charge >= 0.3 is 0 Å². The number of ether oxygens (including phenoxy) is 4. The molecule has 0 amide bonds. The van der Waals surface area contributed by atoms with Crippen molar-refractivity contribution in [2.45, 2.75) is 63.1 Å². The summed E-state index contributed by atoms with van der Waals surface area (Å²) in [6, 6.07) is 0. The van der Waals surface area contributed by atoms with Crippen molar-refractivity contribution in [2.75, 3.05) is 13.7 Å². The van der Waals surface area contributed by atoms with E-state index in [-0.39, 0.29) is 12.5 Å². The molecule has 2 aliphatic rings. The molecule has 2 rings (SSSR count). The van der Waals surface area contributed by atoms with Crippen molar-refractivity contribution in [1.82, 2.24) is 0 Å². The van der Waals surface area contributed by atoms with Crippen LogP contribution in [0.4, 0.5) is 0 Å². The van der Waals surface area contributed by atoms with Gasteiger partial charge in [-0.15, -0.1) is 0 Å². The van der Waals surface area contributed by atoms with Crippen molar-refractivity contribution in [3.05, 3.63) is 0 Å². The maximum atomic E-state index is 11.0. The van der Waals surface area contributed by atoms with Crippen LogP contribution < -0.4 is 0 Å². The minimum Gasteiger partial charge on any atom is -0.726 e. The molecular formula is C13H23O11S-. The molecule has 0 aromatic heterocycles. The maximum absolute atomic E-state index is 11.0. The number of hydrogen-bond donors (Lipinski definition) is 3. The van der Waals surface area contributed by atoms with Crippen molar-refractivity contribution in [3.63, 3.8) is 0 Å². The van der Waals surface area contributed by atoms with Crippen LogP contribution in [0.3, 0.4) is 0 Å². The molecule has 25 heavy (non-hydrogen) atoms. The molecule has 12 heteroatoms. The van der Waals surface area contributed by atoms with Crippen molar-refractivity contribution in [2.24, 2.45) is 5.92 Å². The van der Waals surface area contributed by atoms with Crippen LogP contribution in [0.5, 0.6) is 0 Å². The molecule has 0 bridgehead atoms. The molecule has 0 radical (unpaired) electrons. The number of rotatable bonds is 5. The van der Waals surface area contributed by atoms with Gasteiger partial charge in [0.05, 0.1) is 18.8 Å². The molecule has 0 aromatic rings. The van der Waals surface area contributed by atoms with Crippen molar-refractivity contribution >= 4 is 10.4 Å². The molecule has 0 spiro atoms. The van der Waals surface area contributed by atoms with E-state index in [4.69, 9.17) is 18.9 Å². The lowest BCUT2D eigenvalue weighted by Gasteiger charge is -2.45. The molecule has 9 atom stereocenters. The lowest BCUT2D eigenvalue weighted by molar-refractivity contribution is -0.334. The topological polar surface area (TPSA) is 164 Å². The van der Waals surface area contributed by atoms with Crippen molar-refractivity contribution in [3.8, 4) is 0 Å². The summed E-state index contributed by atoms with van der Waals surface area (Å²) in [5.41, 5.74) is 0. The van der Waals surface area contributed by atoms with E-state index in [0.29, 0.717) is 0 Å². The van der Waals surface area contributed by atoms with Crippen LogP contribution in [-0.4, -0.2) is 91.2 Å². The lowest BCUT2D eigenvalue weighted by Crippen LogP contribution is -2.62. The van der Waals surface area contributed by atoms with Crippen LogP contribution >= 0.6 is 0 Å². The average Bonchev–Trinajstić information content (AvgIpc) is 2.52. The smallest absolute Gasteiger partial charge is 0.218 e. The normalized spacial score (nSPS) is 46.1. The number of methoxy groups -OCH3 is 1. The van der Waals surface area contributed by atoms with Gasteiger partial charge < -0.3 is 38.8 Å². The van der Waals surface area contributed by atoms with E-state index >= 15 is 0 Å². The lowest BCUT2D eigenvalue weighted by atomic mass is 9.96. The predicted octanol–water partition coefficient (Wildman–Crippen LogP) is -2.32. The summed E-state index contributed by atoms with van der Waals surface area (Å²) in [5, 5.41) is 30.1. The second-order valence-corrected chi connectivity index (χ2v) is 7.17. The van der Waals surface area contributed by atoms with Gasteiger partial charge in [0.25, 0.3) is 0 Å². The van der Waals surface area contributed by atoms with E-state index in [0.717, 1.165) is 0 Å². The van der Waals surface area contributed by atoms with Gasteiger partial charge in [-0.3, -0.25) is 4.18 Å². The van der Waals surface area contributed by atoms with E-state index in [2.05, 4.69) is 4.18 Å². The molecule has 2 heterocycles. The minimum atomic E-state index is -5.17. The Morgan fingerprint density at radius 3 is 2.24 bits per heavy atom. The summed E-state index contributed by atoms with van der Waals surface area (Å²) in [6.07, 6.45) is -10.6. The molecule has 2 unspecified atom stereocenters. The van der Waals surface area contributed by atoms with Crippen molar-refractivity contribution in [1.29, 1.82) is 0 Å². The highest BCUT2D eigenvalue weighted by Crippen LogP contribution is 2.30. The maximum Gasteiger partial charge on any atom is 0.218 e. The Kier molecular flexibility index (Phi) is 6.76. The third-order valence-electron chi connectivity index (χ3n) is 4.24. The SMILES string of the molecule is COC1OC(C)[C@H](O[C@@H]2OC[C@@H](C)[C@@H](O)[C@@H]2O)[C@@H](OS(=O)(=O)[O-])[C@@H]1O. The van der Waals surface area contributed by atoms with Crippen LogP contribution in [0.1, 0.15) is 13.8 Å². The third kappa shape index (κ3) is 4.86. The van der Waals surface area contributed by atoms with Crippen LogP contribution in [0, 0.1) is 5.92 Å². The zero-order valence-electron chi connectivity index (χ0n) is 13.9. The molecule has 0 aliphatic carbocycles. The zero-order valence-corrected chi connectivity index (χ0v) is 14.7.